The van der Waals surface area contributed by atoms with Crippen LogP contribution in [0.2, 0.25) is 0 Å². The second-order valence-corrected chi connectivity index (χ2v) is 5.95. The highest BCUT2D eigenvalue weighted by Gasteiger charge is 2.27. The van der Waals surface area contributed by atoms with Crippen LogP contribution < -0.4 is 11.0 Å². The number of aryl methyl sites for hydroxylation is 1. The SMILES string of the molecule is CCCn1c2nc(-c3ccc(C)cc3)nc-2c2n(c1=O)CCN2. The van der Waals surface area contributed by atoms with E-state index in [1.807, 2.05) is 24.3 Å². The molecule has 3 aliphatic rings. The van der Waals surface area contributed by atoms with Gasteiger partial charge in [-0.3, -0.25) is 9.13 Å². The van der Waals surface area contributed by atoms with Crippen LogP contribution in [0.5, 0.6) is 0 Å². The average Bonchev–Trinajstić information content (AvgIpc) is 3.18. The van der Waals surface area contributed by atoms with Gasteiger partial charge in [-0.25, -0.2) is 14.8 Å². The molecule has 0 unspecified atom stereocenters. The van der Waals surface area contributed by atoms with E-state index >= 15 is 0 Å². The fourth-order valence-electron chi connectivity index (χ4n) is 3.07. The molecular weight excluding hydrogens is 290 g/mol. The maximum absolute atomic E-state index is 12.7. The van der Waals surface area contributed by atoms with E-state index in [1.54, 1.807) is 9.13 Å². The van der Waals surface area contributed by atoms with Crippen molar-refractivity contribution in [1.29, 1.82) is 0 Å². The van der Waals surface area contributed by atoms with Crippen molar-refractivity contribution in [3.63, 3.8) is 0 Å². The van der Waals surface area contributed by atoms with Gasteiger partial charge in [0.25, 0.3) is 0 Å². The number of imidazole rings is 1. The van der Waals surface area contributed by atoms with E-state index in [4.69, 9.17) is 4.98 Å². The van der Waals surface area contributed by atoms with Gasteiger partial charge < -0.3 is 5.32 Å². The number of hydrogen-bond acceptors (Lipinski definition) is 4. The van der Waals surface area contributed by atoms with E-state index in [9.17, 15) is 4.79 Å². The van der Waals surface area contributed by atoms with Crippen LogP contribution in [0.3, 0.4) is 0 Å². The summed E-state index contributed by atoms with van der Waals surface area (Å²) in [6.45, 7) is 6.21. The highest BCUT2D eigenvalue weighted by atomic mass is 16.1. The third kappa shape index (κ3) is 2.13. The van der Waals surface area contributed by atoms with Crippen molar-refractivity contribution in [2.75, 3.05) is 11.9 Å². The fourth-order valence-corrected chi connectivity index (χ4v) is 3.07. The molecule has 118 valence electrons. The summed E-state index contributed by atoms with van der Waals surface area (Å²) in [7, 11) is 0. The summed E-state index contributed by atoms with van der Waals surface area (Å²) in [6, 6.07) is 8.14. The smallest absolute Gasteiger partial charge is 0.331 e. The molecule has 0 radical (unpaired) electrons. The molecule has 0 amide bonds. The van der Waals surface area contributed by atoms with Crippen molar-refractivity contribution >= 4 is 5.82 Å². The molecule has 3 heterocycles. The number of hydrogen-bond donors (Lipinski definition) is 1. The van der Waals surface area contributed by atoms with Crippen molar-refractivity contribution in [2.45, 2.75) is 33.4 Å². The zero-order valence-corrected chi connectivity index (χ0v) is 13.3. The Bertz CT molecular complexity index is 891. The van der Waals surface area contributed by atoms with Crippen LogP contribution in [-0.2, 0) is 13.1 Å². The quantitative estimate of drug-likeness (QED) is 0.806. The maximum Gasteiger partial charge on any atom is 0.331 e. The lowest BCUT2D eigenvalue weighted by Gasteiger charge is -2.13. The zero-order chi connectivity index (χ0) is 16.0. The van der Waals surface area contributed by atoms with E-state index < -0.39 is 0 Å². The van der Waals surface area contributed by atoms with Crippen LogP contribution >= 0.6 is 0 Å². The highest BCUT2D eigenvalue weighted by molar-refractivity contribution is 5.73. The van der Waals surface area contributed by atoms with Crippen LogP contribution in [0.1, 0.15) is 18.9 Å². The minimum atomic E-state index is -0.00490. The number of fused-ring (bicyclic) bond motifs is 3. The Morgan fingerprint density at radius 2 is 2.00 bits per heavy atom. The standard InChI is InChI=1S/C17H19N5O/c1-3-9-21-16-13(15-18-8-10-22(15)17(21)23)19-14(20-16)12-6-4-11(2)5-7-12/h4-7,18H,3,8-10H2,1-2H3. The van der Waals surface area contributed by atoms with E-state index in [2.05, 4.69) is 24.1 Å². The number of anilines is 1. The molecular formula is C17H19N5O. The van der Waals surface area contributed by atoms with E-state index in [1.165, 1.54) is 5.56 Å². The fraction of sp³-hybridized carbons (Fsp3) is 0.353. The van der Waals surface area contributed by atoms with Crippen LogP contribution in [-0.4, -0.2) is 25.6 Å². The third-order valence-electron chi connectivity index (χ3n) is 4.24. The molecule has 1 aromatic rings. The average molecular weight is 309 g/mol. The molecule has 0 bridgehead atoms. The van der Waals surface area contributed by atoms with Crippen molar-refractivity contribution in [3.8, 4) is 22.9 Å². The molecule has 1 N–H and O–H groups in total. The molecule has 6 nitrogen and oxygen atoms in total. The summed E-state index contributed by atoms with van der Waals surface area (Å²) in [5, 5.41) is 3.27. The first-order chi connectivity index (χ1) is 11.2. The maximum atomic E-state index is 12.7. The normalized spacial score (nSPS) is 13.3. The number of nitrogens with one attached hydrogen (secondary N) is 1. The topological polar surface area (TPSA) is 64.7 Å². The molecule has 0 saturated carbocycles. The second-order valence-electron chi connectivity index (χ2n) is 5.95. The minimum absolute atomic E-state index is 0.00490. The molecule has 23 heavy (non-hydrogen) atoms. The molecule has 6 heteroatoms. The lowest BCUT2D eigenvalue weighted by atomic mass is 10.1. The van der Waals surface area contributed by atoms with Gasteiger partial charge in [0.2, 0.25) is 0 Å². The van der Waals surface area contributed by atoms with Gasteiger partial charge in [0.15, 0.2) is 11.6 Å². The summed E-state index contributed by atoms with van der Waals surface area (Å²) in [5.74, 6) is 2.14. The molecule has 0 aromatic heterocycles. The molecule has 0 saturated heterocycles. The number of aromatic nitrogens is 4. The second kappa shape index (κ2) is 5.22. The molecule has 0 spiro atoms. The van der Waals surface area contributed by atoms with Crippen LogP contribution in [0.25, 0.3) is 22.9 Å². The molecule has 3 aliphatic heterocycles. The first-order valence-corrected chi connectivity index (χ1v) is 8.01. The predicted octanol–water partition coefficient (Wildman–Crippen LogP) is 2.36. The Kier molecular flexibility index (Phi) is 3.18. The highest BCUT2D eigenvalue weighted by Crippen LogP contribution is 2.31. The van der Waals surface area contributed by atoms with Gasteiger partial charge in [-0.15, -0.1) is 0 Å². The van der Waals surface area contributed by atoms with Gasteiger partial charge in [-0.05, 0) is 13.3 Å². The predicted molar refractivity (Wildman–Crippen MR) is 89.9 cm³/mol. The summed E-state index contributed by atoms with van der Waals surface area (Å²) in [6.07, 6.45) is 0.883. The van der Waals surface area contributed by atoms with Crippen LogP contribution in [0.15, 0.2) is 29.1 Å². The van der Waals surface area contributed by atoms with E-state index in [0.29, 0.717) is 24.7 Å². The Morgan fingerprint density at radius 3 is 2.74 bits per heavy atom. The van der Waals surface area contributed by atoms with Crippen molar-refractivity contribution in [2.24, 2.45) is 0 Å². The van der Waals surface area contributed by atoms with Gasteiger partial charge >= 0.3 is 5.69 Å². The Labute approximate surface area is 134 Å². The van der Waals surface area contributed by atoms with Gasteiger partial charge in [0, 0.05) is 25.2 Å². The first-order valence-electron chi connectivity index (χ1n) is 8.01. The van der Waals surface area contributed by atoms with Gasteiger partial charge in [0.1, 0.15) is 11.5 Å². The van der Waals surface area contributed by atoms with Crippen LogP contribution in [0, 0.1) is 6.92 Å². The van der Waals surface area contributed by atoms with Crippen molar-refractivity contribution in [1.82, 2.24) is 19.1 Å². The largest absolute Gasteiger partial charge is 0.368 e. The summed E-state index contributed by atoms with van der Waals surface area (Å²) in [5.41, 5.74) is 2.95. The Balaban J connectivity index is 1.97. The summed E-state index contributed by atoms with van der Waals surface area (Å²) in [4.78, 5) is 22.1. The molecule has 4 rings (SSSR count). The number of benzene rings is 1. The zero-order valence-electron chi connectivity index (χ0n) is 13.3. The minimum Gasteiger partial charge on any atom is -0.368 e. The van der Waals surface area contributed by atoms with Gasteiger partial charge in [-0.2, -0.15) is 0 Å². The van der Waals surface area contributed by atoms with Gasteiger partial charge in [-0.1, -0.05) is 36.8 Å². The number of rotatable bonds is 3. The van der Waals surface area contributed by atoms with Crippen molar-refractivity contribution in [3.05, 3.63) is 40.3 Å². The van der Waals surface area contributed by atoms with Crippen LogP contribution in [0.4, 0.5) is 5.82 Å². The molecule has 0 aliphatic carbocycles. The van der Waals surface area contributed by atoms with Crippen molar-refractivity contribution < 1.29 is 0 Å². The third-order valence-corrected chi connectivity index (χ3v) is 4.24. The summed E-state index contributed by atoms with van der Waals surface area (Å²) >= 11 is 0. The summed E-state index contributed by atoms with van der Waals surface area (Å²) < 4.78 is 3.52. The monoisotopic (exact) mass is 309 g/mol. The lowest BCUT2D eigenvalue weighted by Crippen LogP contribution is -2.31. The molecule has 0 fully saturated rings. The number of nitrogens with zero attached hydrogens (tertiary/aromatic N) is 4. The Hall–Kier alpha value is -2.63. The van der Waals surface area contributed by atoms with Gasteiger partial charge in [0.05, 0.1) is 0 Å². The van der Waals surface area contributed by atoms with E-state index in [-0.39, 0.29) is 5.69 Å². The Morgan fingerprint density at radius 1 is 1.22 bits per heavy atom. The molecule has 0 atom stereocenters. The molecule has 1 aromatic carbocycles. The van der Waals surface area contributed by atoms with E-state index in [0.717, 1.165) is 30.0 Å². The lowest BCUT2D eigenvalue weighted by molar-refractivity contribution is 0.589. The first kappa shape index (κ1) is 14.0.